The number of methoxy groups -OCH3 is 3. The number of carbonyl (C=O) groups excluding carboxylic acids is 4. The van der Waals surface area contributed by atoms with Crippen LogP contribution >= 0.6 is 21.6 Å². The van der Waals surface area contributed by atoms with Crippen molar-refractivity contribution in [2.75, 3.05) is 115 Å². The number of hydrogen-bond acceptors (Lipinski definition) is 18. The molecule has 83 heavy (non-hydrogen) atoms. The van der Waals surface area contributed by atoms with Crippen LogP contribution in [-0.2, 0) is 72.5 Å². The van der Waals surface area contributed by atoms with Gasteiger partial charge in [-0.15, -0.1) is 0 Å². The van der Waals surface area contributed by atoms with Crippen LogP contribution in [0.5, 0.6) is 17.2 Å². The molecule has 0 fully saturated rings. The van der Waals surface area contributed by atoms with E-state index in [1.807, 2.05) is 54.1 Å². The summed E-state index contributed by atoms with van der Waals surface area (Å²) >= 11 is 0. The number of nitrogens with two attached hydrogens (primary N) is 1. The second-order valence-electron chi connectivity index (χ2n) is 22.2. The number of aryl methyl sites for hydroxylation is 1. The summed E-state index contributed by atoms with van der Waals surface area (Å²) in [6.45, 7) is 11.9. The number of anilines is 3. The van der Waals surface area contributed by atoms with Crippen molar-refractivity contribution in [1.82, 2.24) is 9.80 Å². The predicted octanol–water partition coefficient (Wildman–Crippen LogP) is 8.46. The standard InChI is InChI=1S/C63H78N6O12S2/c1-41-22-53-55(65-32-50-26-44-12-8-10-14-46(44)33-68(50)60(53)71)30-57(41)79-36-42-23-43(37-80-59-31-56-54(29-58(59)75-6)61(72)69-34-47-15-11-9-13-45(47)27-51(69)35-66(56)4)25-49(24-42)67(16-17-77-20-21-78-19-18-74-5)40-63(2,3)83-82-39-48(62(73)76-7)28-52(70)38-81-64/h8-15,22-25,29-31,48,50-51,65H,16-21,26-28,32-40,64H2,1-7H3/t48?,50-,51?/m0/s1. The van der Waals surface area contributed by atoms with Crippen LogP contribution < -0.4 is 35.2 Å². The Kier molecular flexibility index (Phi) is 20.9. The summed E-state index contributed by atoms with van der Waals surface area (Å²) in [5.41, 5.74) is 11.0. The second-order valence-corrected chi connectivity index (χ2v) is 25.2. The van der Waals surface area contributed by atoms with Gasteiger partial charge in [-0.25, -0.2) is 5.90 Å². The lowest BCUT2D eigenvalue weighted by molar-refractivity contribution is -0.146. The Balaban J connectivity index is 0.999. The minimum Gasteiger partial charge on any atom is -0.493 e. The molecule has 4 aliphatic rings. The van der Waals surface area contributed by atoms with Crippen molar-refractivity contribution in [3.05, 3.63) is 141 Å². The molecule has 5 aromatic carbocycles. The number of carbonyl (C=O) groups is 4. The number of fused-ring (bicyclic) bond motifs is 6. The summed E-state index contributed by atoms with van der Waals surface area (Å²) in [6, 6.07) is 30.6. The summed E-state index contributed by atoms with van der Waals surface area (Å²) in [5, 5.41) is 3.60. The summed E-state index contributed by atoms with van der Waals surface area (Å²) in [4.78, 5) is 67.0. The molecule has 0 spiro atoms. The normalized spacial score (nSPS) is 16.7. The zero-order valence-corrected chi connectivity index (χ0v) is 50.3. The SMILES string of the molecule is COCCOCCOCCN(CC(C)(C)SSCC(CC(=O)CON)C(=O)OC)c1cc(COc2cc3c(cc2C)C(=O)N2Cc4ccccc4C[C@H]2CN3)cc(COc2cc3c(cc2OC)C(=O)N2Cc4ccccc4CC2CN3C)c1. The second kappa shape index (κ2) is 28.4. The number of rotatable bonds is 28. The molecule has 2 unspecified atom stereocenters. The zero-order valence-electron chi connectivity index (χ0n) is 48.7. The molecule has 3 atom stereocenters. The van der Waals surface area contributed by atoms with E-state index in [9.17, 15) is 19.2 Å². The molecule has 0 saturated carbocycles. The van der Waals surface area contributed by atoms with Gasteiger partial charge in [-0.3, -0.25) is 24.0 Å². The third-order valence-corrected chi connectivity index (χ3v) is 18.9. The number of amides is 2. The molecule has 2 amide bonds. The van der Waals surface area contributed by atoms with Gasteiger partial charge in [0, 0.05) is 88.2 Å². The Morgan fingerprint density at radius 2 is 1.39 bits per heavy atom. The fraction of sp³-hybridized carbons (Fsp3) is 0.460. The molecule has 0 saturated heterocycles. The van der Waals surface area contributed by atoms with Crippen molar-refractivity contribution >= 4 is 62.2 Å². The average molecular weight is 1180 g/mol. The zero-order chi connectivity index (χ0) is 58.6. The number of benzene rings is 5. The highest BCUT2D eigenvalue weighted by atomic mass is 33.1. The molecule has 4 aliphatic heterocycles. The van der Waals surface area contributed by atoms with Crippen molar-refractivity contribution in [1.29, 1.82) is 0 Å². The number of likely N-dealkylation sites (N-methyl/N-ethyl adjacent to an activating group) is 1. The van der Waals surface area contributed by atoms with Gasteiger partial charge in [0.05, 0.1) is 87.8 Å². The molecule has 0 bridgehead atoms. The topological polar surface area (TPSA) is 193 Å². The molecule has 0 aromatic heterocycles. The van der Waals surface area contributed by atoms with E-state index in [1.54, 1.807) is 31.1 Å². The molecule has 444 valence electrons. The van der Waals surface area contributed by atoms with Crippen LogP contribution in [-0.4, -0.2) is 150 Å². The monoisotopic (exact) mass is 1170 g/mol. The third-order valence-electron chi connectivity index (χ3n) is 15.6. The fourth-order valence-electron chi connectivity index (χ4n) is 11.3. The van der Waals surface area contributed by atoms with E-state index in [1.165, 1.54) is 34.6 Å². The molecule has 0 radical (unpaired) electrons. The maximum Gasteiger partial charge on any atom is 0.309 e. The Morgan fingerprint density at radius 1 is 0.759 bits per heavy atom. The van der Waals surface area contributed by atoms with Crippen LogP contribution in [0.2, 0.25) is 0 Å². The number of nitrogens with zero attached hydrogens (tertiary/aromatic N) is 4. The molecule has 3 N–H and O–H groups in total. The van der Waals surface area contributed by atoms with Gasteiger partial charge in [0.2, 0.25) is 0 Å². The van der Waals surface area contributed by atoms with Gasteiger partial charge in [-0.2, -0.15) is 0 Å². The summed E-state index contributed by atoms with van der Waals surface area (Å²) in [7, 11) is 9.68. The average Bonchev–Trinajstić information content (AvgIpc) is 3.69. The van der Waals surface area contributed by atoms with Gasteiger partial charge < -0.3 is 58.1 Å². The molecule has 0 aliphatic carbocycles. The summed E-state index contributed by atoms with van der Waals surface area (Å²) in [5.74, 6) is 5.61. The van der Waals surface area contributed by atoms with Gasteiger partial charge in [0.1, 0.15) is 25.6 Å². The summed E-state index contributed by atoms with van der Waals surface area (Å²) in [6.07, 6.45) is 1.50. The molecule has 5 aromatic rings. The Morgan fingerprint density at radius 3 is 2.05 bits per heavy atom. The molecule has 18 nitrogen and oxygen atoms in total. The number of ether oxygens (including phenoxy) is 7. The van der Waals surface area contributed by atoms with Crippen molar-refractivity contribution in [2.45, 2.75) is 83.2 Å². The lowest BCUT2D eigenvalue weighted by Gasteiger charge is -2.36. The lowest BCUT2D eigenvalue weighted by Crippen LogP contribution is -2.47. The fourth-order valence-corrected chi connectivity index (χ4v) is 14.2. The first-order valence-electron chi connectivity index (χ1n) is 28.2. The minimum atomic E-state index is -0.677. The van der Waals surface area contributed by atoms with E-state index in [4.69, 9.17) is 39.1 Å². The number of hydrogen-bond donors (Lipinski definition) is 2. The van der Waals surface area contributed by atoms with Crippen LogP contribution in [0, 0.1) is 12.8 Å². The van der Waals surface area contributed by atoms with Crippen LogP contribution in [0.1, 0.15) is 79.9 Å². The molecule has 9 rings (SSSR count). The highest BCUT2D eigenvalue weighted by molar-refractivity contribution is 8.77. The number of nitrogens with one attached hydrogen (secondary N) is 1. The van der Waals surface area contributed by atoms with Gasteiger partial charge in [-0.1, -0.05) is 70.1 Å². The smallest absolute Gasteiger partial charge is 0.309 e. The molecule has 20 heteroatoms. The van der Waals surface area contributed by atoms with Crippen LogP contribution in [0.4, 0.5) is 17.1 Å². The quantitative estimate of drug-likeness (QED) is 0.0209. The highest BCUT2D eigenvalue weighted by Gasteiger charge is 2.38. The summed E-state index contributed by atoms with van der Waals surface area (Å²) < 4.78 is 41.2. The van der Waals surface area contributed by atoms with Gasteiger partial charge in [0.25, 0.3) is 11.8 Å². The third kappa shape index (κ3) is 15.2. The van der Waals surface area contributed by atoms with Crippen LogP contribution in [0.15, 0.2) is 91.0 Å². The van der Waals surface area contributed by atoms with E-state index in [-0.39, 0.29) is 55.9 Å². The number of ketones is 1. The van der Waals surface area contributed by atoms with Crippen molar-refractivity contribution in [2.24, 2.45) is 11.8 Å². The van der Waals surface area contributed by atoms with E-state index >= 15 is 0 Å². The van der Waals surface area contributed by atoms with Gasteiger partial charge >= 0.3 is 5.97 Å². The molecular weight excluding hydrogens is 1100 g/mol. The Labute approximate surface area is 495 Å². The van der Waals surface area contributed by atoms with Crippen molar-refractivity contribution in [3.8, 4) is 17.2 Å². The highest BCUT2D eigenvalue weighted by Crippen LogP contribution is 2.42. The van der Waals surface area contributed by atoms with E-state index < -0.39 is 16.6 Å². The largest absolute Gasteiger partial charge is 0.493 e. The van der Waals surface area contributed by atoms with Crippen molar-refractivity contribution < 1.29 is 57.2 Å². The molecule has 4 heterocycles. The molecular formula is C63H78N6O12S2. The first-order chi connectivity index (χ1) is 40.1. The minimum absolute atomic E-state index is 0.000734. The maximum atomic E-state index is 14.5. The first-order valence-corrected chi connectivity index (χ1v) is 30.5. The van der Waals surface area contributed by atoms with Crippen LogP contribution in [0.25, 0.3) is 0 Å². The maximum absolute atomic E-state index is 14.5. The Bertz CT molecular complexity index is 3110. The van der Waals surface area contributed by atoms with E-state index in [2.05, 4.69) is 88.4 Å². The Hall–Kier alpha value is -6.52. The first kappa shape index (κ1) is 61.1. The van der Waals surface area contributed by atoms with Gasteiger partial charge in [0.15, 0.2) is 17.3 Å². The van der Waals surface area contributed by atoms with Crippen molar-refractivity contribution in [3.63, 3.8) is 0 Å². The predicted molar refractivity (Wildman–Crippen MR) is 324 cm³/mol. The van der Waals surface area contributed by atoms with E-state index in [0.29, 0.717) is 106 Å². The number of Topliss-reactive ketones (excluding diaryl/α,β-unsaturated/α-hetero) is 1. The lowest BCUT2D eigenvalue weighted by atomic mass is 9.93. The van der Waals surface area contributed by atoms with Crippen LogP contribution in [0.3, 0.4) is 0 Å². The van der Waals surface area contributed by atoms with Gasteiger partial charge in [-0.05, 0) is 103 Å². The number of esters is 1. The van der Waals surface area contributed by atoms with E-state index in [0.717, 1.165) is 52.2 Å².